The van der Waals surface area contributed by atoms with Crippen LogP contribution < -0.4 is 15.3 Å². The summed E-state index contributed by atoms with van der Waals surface area (Å²) in [4.78, 5) is 0. The summed E-state index contributed by atoms with van der Waals surface area (Å²) in [6.07, 6.45) is 3.24. The first-order valence-electron chi connectivity index (χ1n) is 8.50. The second-order valence-corrected chi connectivity index (χ2v) is 6.38. The molecule has 1 fully saturated rings. The van der Waals surface area contributed by atoms with E-state index in [0.717, 1.165) is 30.9 Å². The molecule has 4 nitrogen and oxygen atoms in total. The Balaban J connectivity index is 1.87. The van der Waals surface area contributed by atoms with E-state index in [-0.39, 0.29) is 6.04 Å². The van der Waals surface area contributed by atoms with Crippen molar-refractivity contribution in [1.29, 1.82) is 0 Å². The molecule has 128 valence electrons. The monoisotopic (exact) mass is 326 g/mol. The van der Waals surface area contributed by atoms with Crippen LogP contribution >= 0.6 is 0 Å². The Labute approximate surface area is 144 Å². The van der Waals surface area contributed by atoms with E-state index in [1.54, 1.807) is 14.2 Å². The predicted molar refractivity (Wildman–Crippen MR) is 96.1 cm³/mol. The van der Waals surface area contributed by atoms with Gasteiger partial charge in [-0.2, -0.15) is 0 Å². The van der Waals surface area contributed by atoms with Gasteiger partial charge >= 0.3 is 0 Å². The normalized spacial score (nSPS) is 21.5. The van der Waals surface area contributed by atoms with Gasteiger partial charge in [0.2, 0.25) is 0 Å². The molecule has 4 heteroatoms. The number of benzene rings is 2. The van der Waals surface area contributed by atoms with Gasteiger partial charge in [0.1, 0.15) is 11.5 Å². The third kappa shape index (κ3) is 3.55. The van der Waals surface area contributed by atoms with Gasteiger partial charge in [-0.3, -0.25) is 5.84 Å². The third-order valence-corrected chi connectivity index (χ3v) is 4.91. The van der Waals surface area contributed by atoms with Crippen LogP contribution in [0.15, 0.2) is 48.5 Å². The van der Waals surface area contributed by atoms with Crippen LogP contribution in [0.25, 0.3) is 0 Å². The summed E-state index contributed by atoms with van der Waals surface area (Å²) in [6.45, 7) is 0.940. The summed E-state index contributed by atoms with van der Waals surface area (Å²) < 4.78 is 10.9. The number of hydrazine groups is 1. The fourth-order valence-corrected chi connectivity index (χ4v) is 3.73. The molecule has 2 aromatic carbocycles. The SMILES string of the molecule is COc1ccc(C[C@@H]2CCCN(N)[C@@H]2c2ccccc2)c(OC)c1. The van der Waals surface area contributed by atoms with Gasteiger partial charge < -0.3 is 9.47 Å². The number of nitrogens with two attached hydrogens (primary N) is 1. The lowest BCUT2D eigenvalue weighted by molar-refractivity contribution is 0.0923. The summed E-state index contributed by atoms with van der Waals surface area (Å²) in [5, 5.41) is 2.00. The summed E-state index contributed by atoms with van der Waals surface area (Å²) >= 11 is 0. The first kappa shape index (κ1) is 16.8. The number of rotatable bonds is 5. The standard InChI is InChI=1S/C20H26N2O2/c1-23-18-11-10-16(19(14-18)24-2)13-17-9-6-12-22(21)20(17)15-7-4-3-5-8-15/h3-5,7-8,10-11,14,17,20H,6,9,12-13,21H2,1-2H3/t17-,20+/m0/s1. The van der Waals surface area contributed by atoms with E-state index in [1.165, 1.54) is 17.5 Å². The Morgan fingerprint density at radius 1 is 1.08 bits per heavy atom. The van der Waals surface area contributed by atoms with Crippen molar-refractivity contribution in [2.45, 2.75) is 25.3 Å². The summed E-state index contributed by atoms with van der Waals surface area (Å²) in [5.74, 6) is 8.52. The van der Waals surface area contributed by atoms with Gasteiger partial charge in [0.15, 0.2) is 0 Å². The second kappa shape index (κ2) is 7.69. The quantitative estimate of drug-likeness (QED) is 0.853. The number of nitrogens with zero attached hydrogens (tertiary/aromatic N) is 1. The first-order chi connectivity index (χ1) is 11.7. The van der Waals surface area contributed by atoms with Crippen molar-refractivity contribution >= 4 is 0 Å². The van der Waals surface area contributed by atoms with Gasteiger partial charge in [-0.05, 0) is 42.4 Å². The molecule has 24 heavy (non-hydrogen) atoms. The van der Waals surface area contributed by atoms with Crippen molar-refractivity contribution in [2.24, 2.45) is 11.8 Å². The van der Waals surface area contributed by atoms with Crippen LogP contribution in [0.3, 0.4) is 0 Å². The fraction of sp³-hybridized carbons (Fsp3) is 0.400. The number of hydrogen-bond donors (Lipinski definition) is 1. The minimum Gasteiger partial charge on any atom is -0.497 e. The van der Waals surface area contributed by atoms with Gasteiger partial charge in [0.25, 0.3) is 0 Å². The average molecular weight is 326 g/mol. The van der Waals surface area contributed by atoms with Gasteiger partial charge in [0.05, 0.1) is 20.3 Å². The van der Waals surface area contributed by atoms with E-state index in [4.69, 9.17) is 15.3 Å². The van der Waals surface area contributed by atoms with Crippen molar-refractivity contribution in [3.05, 3.63) is 59.7 Å². The molecule has 0 unspecified atom stereocenters. The number of methoxy groups -OCH3 is 2. The molecule has 0 saturated carbocycles. The molecule has 0 amide bonds. The molecule has 2 N–H and O–H groups in total. The summed E-state index contributed by atoms with van der Waals surface area (Å²) in [5.41, 5.74) is 2.50. The van der Waals surface area contributed by atoms with Gasteiger partial charge in [-0.15, -0.1) is 0 Å². The molecule has 0 aliphatic carbocycles. The average Bonchev–Trinajstić information content (AvgIpc) is 2.63. The van der Waals surface area contributed by atoms with Crippen molar-refractivity contribution in [1.82, 2.24) is 5.01 Å². The lowest BCUT2D eigenvalue weighted by Crippen LogP contribution is -2.44. The lowest BCUT2D eigenvalue weighted by atomic mass is 9.81. The Bertz CT molecular complexity index is 660. The summed E-state index contributed by atoms with van der Waals surface area (Å²) in [6, 6.07) is 16.9. The van der Waals surface area contributed by atoms with Crippen LogP contribution in [0.5, 0.6) is 11.5 Å². The molecular weight excluding hydrogens is 300 g/mol. The molecular formula is C20H26N2O2. The third-order valence-electron chi connectivity index (χ3n) is 4.91. The van der Waals surface area contributed by atoms with Gasteiger partial charge in [-0.1, -0.05) is 36.4 Å². The van der Waals surface area contributed by atoms with Crippen LogP contribution in [0, 0.1) is 5.92 Å². The topological polar surface area (TPSA) is 47.7 Å². The van der Waals surface area contributed by atoms with E-state index in [2.05, 4.69) is 36.4 Å². The van der Waals surface area contributed by atoms with Gasteiger partial charge in [0, 0.05) is 12.6 Å². The van der Waals surface area contributed by atoms with Crippen molar-refractivity contribution in [3.8, 4) is 11.5 Å². The zero-order chi connectivity index (χ0) is 16.9. The molecule has 0 spiro atoms. The molecule has 1 heterocycles. The molecule has 2 atom stereocenters. The molecule has 1 saturated heterocycles. The van der Waals surface area contributed by atoms with Crippen molar-refractivity contribution in [3.63, 3.8) is 0 Å². The van der Waals surface area contributed by atoms with E-state index in [9.17, 15) is 0 Å². The minimum atomic E-state index is 0.242. The highest BCUT2D eigenvalue weighted by Crippen LogP contribution is 2.38. The molecule has 3 rings (SSSR count). The Hall–Kier alpha value is -2.04. The van der Waals surface area contributed by atoms with E-state index < -0.39 is 0 Å². The highest BCUT2D eigenvalue weighted by Gasteiger charge is 2.31. The first-order valence-corrected chi connectivity index (χ1v) is 8.50. The number of piperidine rings is 1. The molecule has 0 aromatic heterocycles. The smallest absolute Gasteiger partial charge is 0.125 e. The van der Waals surface area contributed by atoms with E-state index in [1.807, 2.05) is 17.1 Å². The Morgan fingerprint density at radius 3 is 2.58 bits per heavy atom. The second-order valence-electron chi connectivity index (χ2n) is 6.38. The van der Waals surface area contributed by atoms with Crippen LogP contribution in [0.4, 0.5) is 0 Å². The van der Waals surface area contributed by atoms with Crippen LogP contribution in [-0.2, 0) is 6.42 Å². The van der Waals surface area contributed by atoms with Crippen LogP contribution in [0.1, 0.15) is 30.0 Å². The fourth-order valence-electron chi connectivity index (χ4n) is 3.73. The zero-order valence-corrected chi connectivity index (χ0v) is 14.4. The number of hydrogen-bond acceptors (Lipinski definition) is 4. The minimum absolute atomic E-state index is 0.242. The van der Waals surface area contributed by atoms with Gasteiger partial charge in [-0.25, -0.2) is 5.01 Å². The molecule has 0 bridgehead atoms. The molecule has 2 aromatic rings. The largest absolute Gasteiger partial charge is 0.497 e. The van der Waals surface area contributed by atoms with Crippen LogP contribution in [-0.4, -0.2) is 25.8 Å². The lowest BCUT2D eigenvalue weighted by Gasteiger charge is -2.39. The highest BCUT2D eigenvalue weighted by molar-refractivity contribution is 5.41. The van der Waals surface area contributed by atoms with Crippen LogP contribution in [0.2, 0.25) is 0 Å². The van der Waals surface area contributed by atoms with Crippen molar-refractivity contribution in [2.75, 3.05) is 20.8 Å². The Morgan fingerprint density at radius 2 is 1.88 bits per heavy atom. The maximum absolute atomic E-state index is 6.35. The van der Waals surface area contributed by atoms with E-state index >= 15 is 0 Å². The Kier molecular flexibility index (Phi) is 5.38. The zero-order valence-electron chi connectivity index (χ0n) is 14.4. The summed E-state index contributed by atoms with van der Waals surface area (Å²) in [7, 11) is 3.39. The van der Waals surface area contributed by atoms with Crippen molar-refractivity contribution < 1.29 is 9.47 Å². The number of ether oxygens (including phenoxy) is 2. The molecule has 1 aliphatic heterocycles. The maximum Gasteiger partial charge on any atom is 0.125 e. The predicted octanol–water partition coefficient (Wildman–Crippen LogP) is 3.57. The maximum atomic E-state index is 6.35. The molecule has 0 radical (unpaired) electrons. The highest BCUT2D eigenvalue weighted by atomic mass is 16.5. The molecule has 1 aliphatic rings. The van der Waals surface area contributed by atoms with E-state index in [0.29, 0.717) is 5.92 Å².